The lowest BCUT2D eigenvalue weighted by atomic mass is 9.90. The van der Waals surface area contributed by atoms with Gasteiger partial charge in [0.05, 0.1) is 11.1 Å². The summed E-state index contributed by atoms with van der Waals surface area (Å²) < 4.78 is 0. The van der Waals surface area contributed by atoms with E-state index in [2.05, 4.69) is 11.9 Å². The number of carbonyl (C=O) groups is 1. The van der Waals surface area contributed by atoms with E-state index >= 15 is 0 Å². The predicted octanol–water partition coefficient (Wildman–Crippen LogP) is 3.59. The Morgan fingerprint density at radius 1 is 1.25 bits per heavy atom. The number of halogens is 2. The molecule has 1 fully saturated rings. The first-order chi connectivity index (χ1) is 10.6. The Labute approximate surface area is 155 Å². The van der Waals surface area contributed by atoms with Crippen molar-refractivity contribution in [2.75, 3.05) is 13.1 Å². The molecule has 2 N–H and O–H groups in total. The second-order valence-corrected chi connectivity index (χ2v) is 6.32. The molecule has 0 bridgehead atoms. The van der Waals surface area contributed by atoms with E-state index < -0.39 is 0 Å². The number of carbonyl (C=O) groups excluding carboxylic acids is 1. The summed E-state index contributed by atoms with van der Waals surface area (Å²) in [6, 6.07) is 9.96. The van der Waals surface area contributed by atoms with Gasteiger partial charge in [-0.05, 0) is 44.7 Å². The third-order valence-corrected chi connectivity index (χ3v) is 4.65. The molecule has 0 spiro atoms. The van der Waals surface area contributed by atoms with Crippen LogP contribution < -0.4 is 5.73 Å². The number of piperidine rings is 1. The number of hydrogen-bond donors (Lipinski definition) is 1. The molecule has 1 aromatic carbocycles. The third kappa shape index (κ3) is 4.18. The van der Waals surface area contributed by atoms with Crippen LogP contribution in [-0.2, 0) is 0 Å². The van der Waals surface area contributed by atoms with Gasteiger partial charge in [-0.1, -0.05) is 18.2 Å². The molecular formula is C18H25Cl2N3O. The Morgan fingerprint density at radius 2 is 1.88 bits per heavy atom. The number of fused-ring (bicyclic) bond motifs is 1. The van der Waals surface area contributed by atoms with Crippen LogP contribution in [0.15, 0.2) is 30.3 Å². The molecule has 1 saturated heterocycles. The number of hydrogen-bond acceptors (Lipinski definition) is 3. The van der Waals surface area contributed by atoms with Crippen LogP contribution >= 0.6 is 24.8 Å². The number of likely N-dealkylation sites (tertiary alicyclic amines) is 1. The van der Waals surface area contributed by atoms with Gasteiger partial charge >= 0.3 is 0 Å². The maximum Gasteiger partial charge on any atom is 0.254 e. The highest BCUT2D eigenvalue weighted by Gasteiger charge is 2.26. The van der Waals surface area contributed by atoms with Crippen molar-refractivity contribution in [2.45, 2.75) is 32.7 Å². The van der Waals surface area contributed by atoms with Crippen LogP contribution in [0, 0.1) is 12.8 Å². The zero-order chi connectivity index (χ0) is 15.7. The molecule has 2 aromatic rings. The van der Waals surface area contributed by atoms with Crippen LogP contribution in [0.25, 0.3) is 10.9 Å². The largest absolute Gasteiger partial charge is 0.339 e. The molecule has 1 unspecified atom stereocenters. The maximum atomic E-state index is 12.9. The molecular weight excluding hydrogens is 345 g/mol. The first kappa shape index (κ1) is 20.7. The number of nitrogens with two attached hydrogens (primary N) is 1. The van der Waals surface area contributed by atoms with Gasteiger partial charge < -0.3 is 10.6 Å². The SMILES string of the molecule is Cc1cc(C(=O)N2CCC(C(C)N)CC2)c2ccccc2n1.Cl.Cl. The molecule has 132 valence electrons. The molecule has 0 radical (unpaired) electrons. The van der Waals surface area contributed by atoms with Crippen LogP contribution in [0.4, 0.5) is 0 Å². The van der Waals surface area contributed by atoms with Gasteiger partial charge in [-0.2, -0.15) is 0 Å². The van der Waals surface area contributed by atoms with Crippen LogP contribution in [0.2, 0.25) is 0 Å². The van der Waals surface area contributed by atoms with E-state index in [1.807, 2.05) is 42.2 Å². The van der Waals surface area contributed by atoms with E-state index in [9.17, 15) is 4.79 Å². The number of pyridine rings is 1. The first-order valence-electron chi connectivity index (χ1n) is 7.97. The smallest absolute Gasteiger partial charge is 0.254 e. The minimum absolute atomic E-state index is 0. The van der Waals surface area contributed by atoms with Gasteiger partial charge in [0.15, 0.2) is 0 Å². The normalized spacial score (nSPS) is 16.2. The van der Waals surface area contributed by atoms with Crippen molar-refractivity contribution in [2.24, 2.45) is 11.7 Å². The summed E-state index contributed by atoms with van der Waals surface area (Å²) in [6.45, 7) is 5.58. The Kier molecular flexibility index (Phi) is 7.46. The highest BCUT2D eigenvalue weighted by molar-refractivity contribution is 6.06. The van der Waals surface area contributed by atoms with Gasteiger partial charge in [0.1, 0.15) is 0 Å². The Bertz CT molecular complexity index is 698. The molecule has 1 aliphatic heterocycles. The van der Waals surface area contributed by atoms with Crippen LogP contribution in [0.5, 0.6) is 0 Å². The molecule has 6 heteroatoms. The fourth-order valence-corrected chi connectivity index (χ4v) is 3.28. The Balaban J connectivity index is 0.00000144. The summed E-state index contributed by atoms with van der Waals surface area (Å²) in [6.07, 6.45) is 1.98. The first-order valence-corrected chi connectivity index (χ1v) is 7.97. The van der Waals surface area contributed by atoms with Crippen molar-refractivity contribution in [3.8, 4) is 0 Å². The van der Waals surface area contributed by atoms with Crippen molar-refractivity contribution in [3.63, 3.8) is 0 Å². The standard InChI is InChI=1S/C18H23N3O.2ClH/c1-12-11-16(15-5-3-4-6-17(15)20-12)18(22)21-9-7-14(8-10-21)13(2)19;;/h3-6,11,13-14H,7-10,19H2,1-2H3;2*1H. The summed E-state index contributed by atoms with van der Waals surface area (Å²) >= 11 is 0. The van der Waals surface area contributed by atoms with Crippen molar-refractivity contribution < 1.29 is 4.79 Å². The van der Waals surface area contributed by atoms with Crippen molar-refractivity contribution >= 4 is 41.6 Å². The molecule has 0 aliphatic carbocycles. The van der Waals surface area contributed by atoms with Crippen LogP contribution in [0.1, 0.15) is 35.8 Å². The zero-order valence-electron chi connectivity index (χ0n) is 14.1. The summed E-state index contributed by atoms with van der Waals surface area (Å²) in [5.74, 6) is 0.643. The highest BCUT2D eigenvalue weighted by Crippen LogP contribution is 2.24. The summed E-state index contributed by atoms with van der Waals surface area (Å²) in [5.41, 5.74) is 8.52. The summed E-state index contributed by atoms with van der Waals surface area (Å²) in [5, 5.41) is 0.937. The topological polar surface area (TPSA) is 59.2 Å². The highest BCUT2D eigenvalue weighted by atomic mass is 35.5. The van der Waals surface area contributed by atoms with Gasteiger partial charge in [-0.25, -0.2) is 0 Å². The van der Waals surface area contributed by atoms with Gasteiger partial charge in [0, 0.05) is 30.2 Å². The average molecular weight is 370 g/mol. The molecule has 2 heterocycles. The lowest BCUT2D eigenvalue weighted by molar-refractivity contribution is 0.0683. The molecule has 4 nitrogen and oxygen atoms in total. The quantitative estimate of drug-likeness (QED) is 0.879. The number of amides is 1. The zero-order valence-corrected chi connectivity index (χ0v) is 15.7. The second-order valence-electron chi connectivity index (χ2n) is 6.32. The monoisotopic (exact) mass is 369 g/mol. The minimum Gasteiger partial charge on any atom is -0.339 e. The van der Waals surface area contributed by atoms with E-state index in [0.29, 0.717) is 5.92 Å². The molecule has 3 rings (SSSR count). The molecule has 1 amide bonds. The predicted molar refractivity (Wildman–Crippen MR) is 103 cm³/mol. The van der Waals surface area contributed by atoms with E-state index in [4.69, 9.17) is 5.73 Å². The van der Waals surface area contributed by atoms with Gasteiger partial charge in [-0.15, -0.1) is 24.8 Å². The van der Waals surface area contributed by atoms with Crippen LogP contribution in [0.3, 0.4) is 0 Å². The number of benzene rings is 1. The van der Waals surface area contributed by atoms with Crippen molar-refractivity contribution in [1.82, 2.24) is 9.88 Å². The lowest BCUT2D eigenvalue weighted by Gasteiger charge is -2.34. The van der Waals surface area contributed by atoms with Gasteiger partial charge in [0.25, 0.3) is 5.91 Å². The fourth-order valence-electron chi connectivity index (χ4n) is 3.28. The van der Waals surface area contributed by atoms with Crippen molar-refractivity contribution in [3.05, 3.63) is 41.6 Å². The third-order valence-electron chi connectivity index (χ3n) is 4.65. The number of para-hydroxylation sites is 1. The Morgan fingerprint density at radius 3 is 2.50 bits per heavy atom. The number of aromatic nitrogens is 1. The Hall–Kier alpha value is -1.36. The molecule has 1 aromatic heterocycles. The maximum absolute atomic E-state index is 12.9. The van der Waals surface area contributed by atoms with E-state index in [1.165, 1.54) is 0 Å². The van der Waals surface area contributed by atoms with E-state index in [-0.39, 0.29) is 36.8 Å². The van der Waals surface area contributed by atoms with Gasteiger partial charge in [0.2, 0.25) is 0 Å². The number of nitrogens with zero attached hydrogens (tertiary/aromatic N) is 2. The number of rotatable bonds is 2. The van der Waals surface area contributed by atoms with E-state index in [0.717, 1.165) is 48.1 Å². The van der Waals surface area contributed by atoms with Crippen molar-refractivity contribution in [1.29, 1.82) is 0 Å². The average Bonchev–Trinajstić information content (AvgIpc) is 2.53. The second kappa shape index (κ2) is 8.65. The minimum atomic E-state index is 0. The molecule has 1 atom stereocenters. The summed E-state index contributed by atoms with van der Waals surface area (Å²) in [7, 11) is 0. The lowest BCUT2D eigenvalue weighted by Crippen LogP contribution is -2.42. The molecule has 0 saturated carbocycles. The summed E-state index contributed by atoms with van der Waals surface area (Å²) in [4.78, 5) is 19.4. The molecule has 1 aliphatic rings. The number of aryl methyl sites for hydroxylation is 1. The van der Waals surface area contributed by atoms with Crippen LogP contribution in [-0.4, -0.2) is 34.9 Å². The fraction of sp³-hybridized carbons (Fsp3) is 0.444. The molecule has 24 heavy (non-hydrogen) atoms. The van der Waals surface area contributed by atoms with Gasteiger partial charge in [-0.3, -0.25) is 9.78 Å². The van der Waals surface area contributed by atoms with E-state index in [1.54, 1.807) is 0 Å².